The molecule has 0 saturated heterocycles. The quantitative estimate of drug-likeness (QED) is 0.790. The van der Waals surface area contributed by atoms with Crippen molar-refractivity contribution in [3.8, 4) is 0 Å². The van der Waals surface area contributed by atoms with Crippen LogP contribution in [0.2, 0.25) is 0 Å². The van der Waals surface area contributed by atoms with Crippen LogP contribution in [0.1, 0.15) is 51.4 Å². The van der Waals surface area contributed by atoms with Crippen molar-refractivity contribution >= 4 is 5.91 Å². The highest BCUT2D eigenvalue weighted by Crippen LogP contribution is 2.42. The van der Waals surface area contributed by atoms with E-state index in [-0.39, 0.29) is 11.8 Å². The highest BCUT2D eigenvalue weighted by molar-refractivity contribution is 5.77. The standard InChI is InChI=1S/C14H26N2O/c15-9-12-7-6-11(8-13(12)14(16)17)10-4-2-1-3-5-10/h10-13H,1-9,15H2,(H2,16,17). The molecular weight excluding hydrogens is 212 g/mol. The number of carbonyl (C=O) groups excluding carboxylic acids is 1. The highest BCUT2D eigenvalue weighted by Gasteiger charge is 2.36. The maximum Gasteiger partial charge on any atom is 0.220 e. The van der Waals surface area contributed by atoms with Gasteiger partial charge in [0.25, 0.3) is 0 Å². The van der Waals surface area contributed by atoms with Crippen molar-refractivity contribution in [2.24, 2.45) is 35.1 Å². The maximum absolute atomic E-state index is 11.5. The van der Waals surface area contributed by atoms with Crippen LogP contribution >= 0.6 is 0 Å². The summed E-state index contributed by atoms with van der Waals surface area (Å²) >= 11 is 0. The fourth-order valence-electron chi connectivity index (χ4n) is 3.93. The van der Waals surface area contributed by atoms with E-state index in [1.54, 1.807) is 0 Å². The van der Waals surface area contributed by atoms with Crippen molar-refractivity contribution in [1.82, 2.24) is 0 Å². The molecule has 0 bridgehead atoms. The zero-order chi connectivity index (χ0) is 12.3. The van der Waals surface area contributed by atoms with Crippen LogP contribution in [0.4, 0.5) is 0 Å². The SMILES string of the molecule is NCC1CCC(C2CCCCC2)CC1C(N)=O. The summed E-state index contributed by atoms with van der Waals surface area (Å²) in [5.74, 6) is 1.84. The van der Waals surface area contributed by atoms with E-state index in [2.05, 4.69) is 0 Å². The van der Waals surface area contributed by atoms with E-state index in [1.807, 2.05) is 0 Å². The summed E-state index contributed by atoms with van der Waals surface area (Å²) in [5, 5.41) is 0. The van der Waals surface area contributed by atoms with E-state index in [0.717, 1.165) is 24.7 Å². The molecule has 2 aliphatic carbocycles. The van der Waals surface area contributed by atoms with Crippen LogP contribution in [-0.2, 0) is 4.79 Å². The third-order valence-electron chi connectivity index (χ3n) is 5.02. The molecule has 0 spiro atoms. The molecule has 3 unspecified atom stereocenters. The Hall–Kier alpha value is -0.570. The lowest BCUT2D eigenvalue weighted by atomic mass is 9.66. The number of nitrogens with two attached hydrogens (primary N) is 2. The van der Waals surface area contributed by atoms with Gasteiger partial charge in [-0.1, -0.05) is 32.1 Å². The lowest BCUT2D eigenvalue weighted by Crippen LogP contribution is -2.40. The summed E-state index contributed by atoms with van der Waals surface area (Å²) in [4.78, 5) is 11.5. The molecule has 0 aromatic carbocycles. The molecule has 2 saturated carbocycles. The Balaban J connectivity index is 1.95. The Labute approximate surface area is 104 Å². The van der Waals surface area contributed by atoms with Crippen molar-refractivity contribution in [3.05, 3.63) is 0 Å². The van der Waals surface area contributed by atoms with Crippen molar-refractivity contribution in [3.63, 3.8) is 0 Å². The lowest BCUT2D eigenvalue weighted by molar-refractivity contribution is -0.125. The van der Waals surface area contributed by atoms with Gasteiger partial charge in [0.2, 0.25) is 5.91 Å². The molecule has 2 aliphatic rings. The van der Waals surface area contributed by atoms with Crippen LogP contribution in [0, 0.1) is 23.7 Å². The minimum atomic E-state index is -0.124. The molecule has 0 aromatic rings. The normalized spacial score (nSPS) is 35.7. The van der Waals surface area contributed by atoms with Crippen molar-refractivity contribution in [2.45, 2.75) is 51.4 Å². The molecule has 17 heavy (non-hydrogen) atoms. The van der Waals surface area contributed by atoms with Crippen molar-refractivity contribution < 1.29 is 4.79 Å². The molecular formula is C14H26N2O. The first-order valence-electron chi connectivity index (χ1n) is 7.21. The molecule has 0 radical (unpaired) electrons. The molecule has 3 atom stereocenters. The molecule has 3 heteroatoms. The summed E-state index contributed by atoms with van der Waals surface area (Å²) in [7, 11) is 0. The number of hydrogen-bond acceptors (Lipinski definition) is 2. The summed E-state index contributed by atoms with van der Waals surface area (Å²) in [6.07, 6.45) is 10.2. The average Bonchev–Trinajstić information content (AvgIpc) is 2.39. The van der Waals surface area contributed by atoms with Gasteiger partial charge in [-0.25, -0.2) is 0 Å². The molecule has 0 aromatic heterocycles. The molecule has 1 amide bonds. The Morgan fingerprint density at radius 3 is 2.29 bits per heavy atom. The second-order valence-electron chi connectivity index (χ2n) is 5.98. The van der Waals surface area contributed by atoms with Crippen LogP contribution in [0.5, 0.6) is 0 Å². The van der Waals surface area contributed by atoms with E-state index in [1.165, 1.54) is 38.5 Å². The molecule has 0 heterocycles. The van der Waals surface area contributed by atoms with Gasteiger partial charge in [-0.3, -0.25) is 4.79 Å². The highest BCUT2D eigenvalue weighted by atomic mass is 16.1. The van der Waals surface area contributed by atoms with Crippen LogP contribution in [0.3, 0.4) is 0 Å². The molecule has 3 nitrogen and oxygen atoms in total. The Bertz CT molecular complexity index is 261. The third-order valence-corrected chi connectivity index (χ3v) is 5.02. The number of rotatable bonds is 3. The number of amides is 1. The first kappa shape index (κ1) is 12.9. The second-order valence-corrected chi connectivity index (χ2v) is 5.98. The largest absolute Gasteiger partial charge is 0.369 e. The van der Waals surface area contributed by atoms with Gasteiger partial charge in [0.1, 0.15) is 0 Å². The van der Waals surface area contributed by atoms with Gasteiger partial charge in [-0.2, -0.15) is 0 Å². The van der Waals surface area contributed by atoms with Crippen molar-refractivity contribution in [1.29, 1.82) is 0 Å². The Morgan fingerprint density at radius 2 is 1.71 bits per heavy atom. The summed E-state index contributed by atoms with van der Waals surface area (Å²) in [6, 6.07) is 0. The predicted octanol–water partition coefficient (Wildman–Crippen LogP) is 2.04. The minimum absolute atomic E-state index is 0.0423. The van der Waals surface area contributed by atoms with Gasteiger partial charge in [0.05, 0.1) is 0 Å². The summed E-state index contributed by atoms with van der Waals surface area (Å²) in [6.45, 7) is 0.616. The zero-order valence-corrected chi connectivity index (χ0v) is 10.7. The second kappa shape index (κ2) is 5.85. The molecule has 2 fully saturated rings. The van der Waals surface area contributed by atoms with E-state index >= 15 is 0 Å². The van der Waals surface area contributed by atoms with Crippen molar-refractivity contribution in [2.75, 3.05) is 6.54 Å². The average molecular weight is 238 g/mol. The lowest BCUT2D eigenvalue weighted by Gasteiger charge is -2.39. The molecule has 0 aliphatic heterocycles. The smallest absolute Gasteiger partial charge is 0.220 e. The number of primary amides is 1. The first-order valence-corrected chi connectivity index (χ1v) is 7.21. The molecule has 98 valence electrons. The first-order chi connectivity index (χ1) is 8.22. The van der Waals surface area contributed by atoms with E-state index in [9.17, 15) is 4.79 Å². The van der Waals surface area contributed by atoms with Crippen LogP contribution < -0.4 is 11.5 Å². The Kier molecular flexibility index (Phi) is 4.43. The predicted molar refractivity (Wildman–Crippen MR) is 69.1 cm³/mol. The molecule has 2 rings (SSSR count). The van der Waals surface area contributed by atoms with E-state index in [0.29, 0.717) is 12.5 Å². The maximum atomic E-state index is 11.5. The summed E-state index contributed by atoms with van der Waals surface area (Å²) in [5.41, 5.74) is 11.3. The zero-order valence-electron chi connectivity index (χ0n) is 10.7. The number of carbonyl (C=O) groups is 1. The fraction of sp³-hybridized carbons (Fsp3) is 0.929. The monoisotopic (exact) mass is 238 g/mol. The van der Waals surface area contributed by atoms with E-state index in [4.69, 9.17) is 11.5 Å². The van der Waals surface area contributed by atoms with Crippen LogP contribution in [0.15, 0.2) is 0 Å². The van der Waals surface area contributed by atoms with Gasteiger partial charge in [0, 0.05) is 5.92 Å². The topological polar surface area (TPSA) is 69.1 Å². The third kappa shape index (κ3) is 3.01. The fourth-order valence-corrected chi connectivity index (χ4v) is 3.93. The van der Waals surface area contributed by atoms with Crippen LogP contribution in [0.25, 0.3) is 0 Å². The van der Waals surface area contributed by atoms with Gasteiger partial charge in [0.15, 0.2) is 0 Å². The van der Waals surface area contributed by atoms with Gasteiger partial charge in [-0.15, -0.1) is 0 Å². The summed E-state index contributed by atoms with van der Waals surface area (Å²) < 4.78 is 0. The number of hydrogen-bond donors (Lipinski definition) is 2. The van der Waals surface area contributed by atoms with Gasteiger partial charge >= 0.3 is 0 Å². The molecule has 4 N–H and O–H groups in total. The van der Waals surface area contributed by atoms with Gasteiger partial charge in [-0.05, 0) is 43.6 Å². The van der Waals surface area contributed by atoms with Gasteiger partial charge < -0.3 is 11.5 Å². The minimum Gasteiger partial charge on any atom is -0.369 e. The Morgan fingerprint density at radius 1 is 1.00 bits per heavy atom. The van der Waals surface area contributed by atoms with Crippen LogP contribution in [-0.4, -0.2) is 12.5 Å². The van der Waals surface area contributed by atoms with E-state index < -0.39 is 0 Å².